The predicted octanol–water partition coefficient (Wildman–Crippen LogP) is 1.31. The molecule has 0 unspecified atom stereocenters. The van der Waals surface area contributed by atoms with Crippen LogP contribution in [-0.4, -0.2) is 36.3 Å². The van der Waals surface area contributed by atoms with Crippen LogP contribution in [0.4, 0.5) is 0 Å². The van der Waals surface area contributed by atoms with Gasteiger partial charge in [-0.25, -0.2) is 4.79 Å². The van der Waals surface area contributed by atoms with Crippen molar-refractivity contribution in [1.29, 1.82) is 0 Å². The summed E-state index contributed by atoms with van der Waals surface area (Å²) in [7, 11) is -4.29. The van der Waals surface area contributed by atoms with Gasteiger partial charge in [0.1, 0.15) is 9.09 Å². The van der Waals surface area contributed by atoms with E-state index in [1.165, 1.54) is 6.07 Å². The van der Waals surface area contributed by atoms with Crippen LogP contribution in [0.2, 0.25) is 0 Å². The molecule has 6 nitrogen and oxygen atoms in total. The first kappa shape index (κ1) is 15.1. The fraction of sp³-hybridized carbons (Fsp3) is 0.500. The van der Waals surface area contributed by atoms with Crippen molar-refractivity contribution in [3.8, 4) is 0 Å². The fourth-order valence-corrected chi connectivity index (χ4v) is 2.59. The van der Waals surface area contributed by atoms with Crippen molar-refractivity contribution < 1.29 is 27.6 Å². The van der Waals surface area contributed by atoms with E-state index in [0.717, 1.165) is 6.07 Å². The molecule has 0 spiro atoms. The molecular formula is C10H14O6S2. The quantitative estimate of drug-likeness (QED) is 0.627. The first-order chi connectivity index (χ1) is 8.09. The van der Waals surface area contributed by atoms with Crippen molar-refractivity contribution in [3.05, 3.63) is 17.0 Å². The molecular weight excluding hydrogens is 280 g/mol. The van der Waals surface area contributed by atoms with Crippen molar-refractivity contribution >= 4 is 27.4 Å². The lowest BCUT2D eigenvalue weighted by Crippen LogP contribution is -2.21. The Morgan fingerprint density at radius 2 is 2.06 bits per heavy atom. The summed E-state index contributed by atoms with van der Waals surface area (Å²) >= 11 is 0.631. The van der Waals surface area contributed by atoms with E-state index in [4.69, 9.17) is 9.29 Å². The van der Waals surface area contributed by atoms with E-state index in [9.17, 15) is 18.3 Å². The largest absolute Gasteiger partial charge is 0.461 e. The van der Waals surface area contributed by atoms with E-state index in [0.29, 0.717) is 11.3 Å². The standard InChI is InChI=1S/C10H14O6S2/c1-10(2,12)5-6-16-9(11)7-3-4-8(17-7)18(13,14)15/h3-4,12H,5-6H2,1-2H3,(H,13,14,15). The van der Waals surface area contributed by atoms with Gasteiger partial charge in [0, 0.05) is 6.42 Å². The highest BCUT2D eigenvalue weighted by Crippen LogP contribution is 2.22. The number of rotatable bonds is 5. The molecule has 1 heterocycles. The molecule has 0 aliphatic carbocycles. The Morgan fingerprint density at radius 3 is 2.50 bits per heavy atom. The summed E-state index contributed by atoms with van der Waals surface area (Å²) in [5.41, 5.74) is -0.935. The smallest absolute Gasteiger partial charge is 0.348 e. The molecule has 0 saturated carbocycles. The Kier molecular flexibility index (Phi) is 4.49. The Hall–Kier alpha value is -0.960. The maximum Gasteiger partial charge on any atom is 0.348 e. The van der Waals surface area contributed by atoms with Gasteiger partial charge in [-0.2, -0.15) is 8.42 Å². The Balaban J connectivity index is 2.61. The van der Waals surface area contributed by atoms with Crippen molar-refractivity contribution in [2.45, 2.75) is 30.1 Å². The van der Waals surface area contributed by atoms with Crippen LogP contribution >= 0.6 is 11.3 Å². The van der Waals surface area contributed by atoms with Gasteiger partial charge in [0.05, 0.1) is 12.2 Å². The minimum absolute atomic E-state index is 0.0292. The first-order valence-electron chi connectivity index (χ1n) is 5.06. The lowest BCUT2D eigenvalue weighted by molar-refractivity contribution is 0.0248. The first-order valence-corrected chi connectivity index (χ1v) is 7.32. The van der Waals surface area contributed by atoms with Crippen molar-refractivity contribution in [2.75, 3.05) is 6.61 Å². The fourth-order valence-electron chi connectivity index (χ4n) is 1.03. The molecule has 0 bridgehead atoms. The molecule has 102 valence electrons. The van der Waals surface area contributed by atoms with Crippen molar-refractivity contribution in [3.63, 3.8) is 0 Å². The minimum Gasteiger partial charge on any atom is -0.461 e. The van der Waals surface area contributed by atoms with Gasteiger partial charge in [0.2, 0.25) is 0 Å². The van der Waals surface area contributed by atoms with Gasteiger partial charge in [-0.05, 0) is 26.0 Å². The highest BCUT2D eigenvalue weighted by Gasteiger charge is 2.18. The van der Waals surface area contributed by atoms with Crippen LogP contribution in [0, 0.1) is 0 Å². The number of hydrogen-bond acceptors (Lipinski definition) is 6. The van der Waals surface area contributed by atoms with E-state index in [1.54, 1.807) is 13.8 Å². The molecule has 0 aliphatic heterocycles. The van der Waals surface area contributed by atoms with E-state index in [1.807, 2.05) is 0 Å². The Morgan fingerprint density at radius 1 is 1.44 bits per heavy atom. The zero-order valence-electron chi connectivity index (χ0n) is 9.91. The molecule has 8 heteroatoms. The molecule has 0 radical (unpaired) electrons. The monoisotopic (exact) mass is 294 g/mol. The molecule has 0 aliphatic rings. The average Bonchev–Trinajstić information content (AvgIpc) is 2.62. The number of ether oxygens (including phenoxy) is 1. The molecule has 0 atom stereocenters. The SMILES string of the molecule is CC(C)(O)CCOC(=O)c1ccc(S(=O)(=O)O)s1. The minimum atomic E-state index is -4.29. The van der Waals surface area contributed by atoms with E-state index < -0.39 is 21.7 Å². The third-order valence-corrected chi connectivity index (χ3v) is 4.37. The number of thiophene rings is 1. The van der Waals surface area contributed by atoms with Gasteiger partial charge in [0.15, 0.2) is 0 Å². The average molecular weight is 294 g/mol. The van der Waals surface area contributed by atoms with Crippen LogP contribution in [0.25, 0.3) is 0 Å². The number of esters is 1. The molecule has 2 N–H and O–H groups in total. The van der Waals surface area contributed by atoms with Gasteiger partial charge in [0.25, 0.3) is 0 Å². The summed E-state index contributed by atoms with van der Waals surface area (Å²) < 4.78 is 34.9. The van der Waals surface area contributed by atoms with Gasteiger partial charge < -0.3 is 9.84 Å². The highest BCUT2D eigenvalue weighted by molar-refractivity contribution is 7.88. The summed E-state index contributed by atoms with van der Waals surface area (Å²) in [4.78, 5) is 11.6. The number of aliphatic hydroxyl groups is 1. The summed E-state index contributed by atoms with van der Waals surface area (Å²) in [5.74, 6) is -0.681. The number of carbonyl (C=O) groups excluding carboxylic acids is 1. The third-order valence-electron chi connectivity index (χ3n) is 1.98. The molecule has 18 heavy (non-hydrogen) atoms. The normalized spacial score (nSPS) is 12.4. The van der Waals surface area contributed by atoms with Crippen molar-refractivity contribution in [2.24, 2.45) is 0 Å². The second-order valence-electron chi connectivity index (χ2n) is 4.29. The molecule has 1 aromatic heterocycles. The van der Waals surface area contributed by atoms with Gasteiger partial charge in [-0.15, -0.1) is 11.3 Å². The predicted molar refractivity (Wildman–Crippen MR) is 65.3 cm³/mol. The number of hydrogen-bond donors (Lipinski definition) is 2. The molecule has 0 amide bonds. The van der Waals surface area contributed by atoms with E-state index >= 15 is 0 Å². The maximum absolute atomic E-state index is 11.5. The van der Waals surface area contributed by atoms with E-state index in [-0.39, 0.29) is 22.1 Å². The van der Waals surface area contributed by atoms with Crippen LogP contribution < -0.4 is 0 Å². The molecule has 0 fully saturated rings. The van der Waals surface area contributed by atoms with Crippen LogP contribution in [0.1, 0.15) is 29.9 Å². The summed E-state index contributed by atoms with van der Waals surface area (Å²) in [6.07, 6.45) is 0.273. The zero-order chi connectivity index (χ0) is 14.0. The zero-order valence-corrected chi connectivity index (χ0v) is 11.5. The van der Waals surface area contributed by atoms with Gasteiger partial charge in [-0.1, -0.05) is 0 Å². The van der Waals surface area contributed by atoms with Crippen LogP contribution in [0.3, 0.4) is 0 Å². The molecule has 1 rings (SSSR count). The molecule has 1 aromatic rings. The maximum atomic E-state index is 11.5. The summed E-state index contributed by atoms with van der Waals surface area (Å²) in [6, 6.07) is 2.40. The Bertz CT molecular complexity index is 523. The number of carbonyl (C=O) groups is 1. The van der Waals surface area contributed by atoms with Gasteiger partial charge in [-0.3, -0.25) is 4.55 Å². The van der Waals surface area contributed by atoms with Gasteiger partial charge >= 0.3 is 16.1 Å². The topological polar surface area (TPSA) is 101 Å². The molecule has 0 aromatic carbocycles. The van der Waals surface area contributed by atoms with Crippen LogP contribution in [0.5, 0.6) is 0 Å². The summed E-state index contributed by atoms with van der Waals surface area (Å²) in [6.45, 7) is 3.20. The second kappa shape index (κ2) is 5.35. The highest BCUT2D eigenvalue weighted by atomic mass is 32.3. The Labute approximate surface area is 109 Å². The second-order valence-corrected chi connectivity index (χ2v) is 7.02. The lowest BCUT2D eigenvalue weighted by atomic mass is 10.1. The third kappa shape index (κ3) is 4.73. The van der Waals surface area contributed by atoms with Crippen LogP contribution in [-0.2, 0) is 14.9 Å². The molecule has 0 saturated heterocycles. The van der Waals surface area contributed by atoms with Crippen molar-refractivity contribution in [1.82, 2.24) is 0 Å². The van der Waals surface area contributed by atoms with Crippen LogP contribution in [0.15, 0.2) is 16.3 Å². The summed E-state index contributed by atoms with van der Waals surface area (Å²) in [5, 5.41) is 9.41. The lowest BCUT2D eigenvalue weighted by Gasteiger charge is -2.16. The van der Waals surface area contributed by atoms with E-state index in [2.05, 4.69) is 0 Å².